The van der Waals surface area contributed by atoms with Crippen molar-refractivity contribution < 1.29 is 8.83 Å². The highest BCUT2D eigenvalue weighted by Gasteiger charge is 2.24. The highest BCUT2D eigenvalue weighted by atomic mass is 16.3. The van der Waals surface area contributed by atoms with Crippen LogP contribution in [0.1, 0.15) is 52.7 Å². The van der Waals surface area contributed by atoms with Gasteiger partial charge in [0, 0.05) is 101 Å². The Hall–Kier alpha value is -10.3. The van der Waals surface area contributed by atoms with E-state index in [1.54, 1.807) is 0 Å². The fraction of sp³-hybridized carbons (Fsp3) is 0.103. The Bertz CT molecular complexity index is 4960. The Balaban J connectivity index is 0.795. The van der Waals surface area contributed by atoms with Gasteiger partial charge in [0.1, 0.15) is 22.3 Å². The lowest BCUT2D eigenvalue weighted by atomic mass is 9.87. The molecule has 0 atom stereocenters. The first-order valence-electron chi connectivity index (χ1n) is 29.1. The lowest BCUT2D eigenvalue weighted by Crippen LogP contribution is -2.11. The molecule has 0 aliphatic heterocycles. The maximum Gasteiger partial charge on any atom is 0.137 e. The molecule has 0 spiro atoms. The molecule has 12 aromatic carbocycles. The van der Waals surface area contributed by atoms with Gasteiger partial charge >= 0.3 is 0 Å². The van der Waals surface area contributed by atoms with Crippen LogP contribution in [0.5, 0.6) is 0 Å². The third kappa shape index (κ3) is 7.85. The summed E-state index contributed by atoms with van der Waals surface area (Å²) < 4.78 is 18.6. The molecular formula is C78H60N4O2. The third-order valence-electron chi connectivity index (χ3n) is 17.3. The summed E-state index contributed by atoms with van der Waals surface area (Å²) in [6.07, 6.45) is 0. The van der Waals surface area contributed by atoms with Gasteiger partial charge in [-0.15, -0.1) is 0 Å². The van der Waals surface area contributed by atoms with Gasteiger partial charge in [-0.05, 0) is 178 Å². The summed E-state index contributed by atoms with van der Waals surface area (Å²) in [5.74, 6) is 0. The molecule has 6 heteroatoms. The zero-order valence-corrected chi connectivity index (χ0v) is 47.9. The van der Waals surface area contributed by atoms with Crippen molar-refractivity contribution in [2.45, 2.75) is 52.4 Å². The zero-order valence-electron chi connectivity index (χ0n) is 47.9. The van der Waals surface area contributed by atoms with Crippen molar-refractivity contribution in [2.24, 2.45) is 0 Å². The molecule has 0 aliphatic carbocycles. The molecule has 0 bridgehead atoms. The number of nitrogens with zero attached hydrogens (tertiary/aromatic N) is 4. The van der Waals surface area contributed by atoms with Crippen molar-refractivity contribution in [3.63, 3.8) is 0 Å². The molecule has 16 rings (SSSR count). The van der Waals surface area contributed by atoms with Crippen molar-refractivity contribution in [1.82, 2.24) is 9.13 Å². The minimum Gasteiger partial charge on any atom is -0.456 e. The molecule has 0 amide bonds. The number of rotatable bonds is 8. The van der Waals surface area contributed by atoms with E-state index in [4.69, 9.17) is 8.83 Å². The monoisotopic (exact) mass is 1080 g/mol. The van der Waals surface area contributed by atoms with E-state index < -0.39 is 0 Å². The number of anilines is 6. The van der Waals surface area contributed by atoms with Crippen LogP contribution in [0.25, 0.3) is 110 Å². The van der Waals surface area contributed by atoms with Gasteiger partial charge in [-0.1, -0.05) is 139 Å². The quantitative estimate of drug-likeness (QED) is 0.152. The van der Waals surface area contributed by atoms with E-state index in [0.717, 1.165) is 100 Å². The molecule has 4 aromatic heterocycles. The van der Waals surface area contributed by atoms with E-state index >= 15 is 0 Å². The number of aromatic nitrogens is 2. The first kappa shape index (κ1) is 49.5. The normalized spacial score (nSPS) is 12.4. The maximum atomic E-state index is 6.87. The summed E-state index contributed by atoms with van der Waals surface area (Å²) in [5, 5.41) is 11.4. The summed E-state index contributed by atoms with van der Waals surface area (Å²) in [6, 6.07) is 92.6. The first-order chi connectivity index (χ1) is 40.9. The lowest BCUT2D eigenvalue weighted by molar-refractivity contribution is 0.589. The summed E-state index contributed by atoms with van der Waals surface area (Å²) in [6.45, 7) is 13.7. The number of hydrogen-bond donors (Lipinski definition) is 0. The van der Waals surface area contributed by atoms with E-state index in [0.29, 0.717) is 0 Å². The van der Waals surface area contributed by atoms with Crippen molar-refractivity contribution in [2.75, 3.05) is 9.80 Å². The van der Waals surface area contributed by atoms with Crippen LogP contribution in [0.4, 0.5) is 34.1 Å². The third-order valence-corrected chi connectivity index (χ3v) is 17.3. The molecular weight excluding hydrogens is 1020 g/mol. The number of fused-ring (bicyclic) bond motifs is 15. The van der Waals surface area contributed by atoms with E-state index in [2.05, 4.69) is 315 Å². The smallest absolute Gasteiger partial charge is 0.137 e. The Labute approximate surface area is 487 Å². The lowest BCUT2D eigenvalue weighted by Gasteiger charge is -2.25. The summed E-state index contributed by atoms with van der Waals surface area (Å²) in [4.78, 5) is 4.69. The van der Waals surface area contributed by atoms with Crippen LogP contribution in [0.3, 0.4) is 0 Å². The summed E-state index contributed by atoms with van der Waals surface area (Å²) in [5.41, 5.74) is 19.3. The molecule has 0 unspecified atom stereocenters. The topological polar surface area (TPSA) is 42.6 Å². The van der Waals surface area contributed by atoms with Crippen LogP contribution in [-0.4, -0.2) is 9.13 Å². The van der Waals surface area contributed by atoms with Gasteiger partial charge in [-0.2, -0.15) is 0 Å². The van der Waals surface area contributed by atoms with E-state index in [1.807, 2.05) is 0 Å². The fourth-order valence-electron chi connectivity index (χ4n) is 13.2. The Morgan fingerprint density at radius 3 is 1.06 bits per heavy atom. The van der Waals surface area contributed by atoms with Crippen LogP contribution in [0.2, 0.25) is 0 Å². The van der Waals surface area contributed by atoms with Gasteiger partial charge in [0.05, 0.1) is 22.1 Å². The second kappa shape index (κ2) is 18.6. The number of para-hydroxylation sites is 4. The van der Waals surface area contributed by atoms with Crippen LogP contribution in [0, 0.1) is 0 Å². The van der Waals surface area contributed by atoms with Gasteiger partial charge in [-0.25, -0.2) is 0 Å². The predicted molar refractivity (Wildman–Crippen MR) is 354 cm³/mol. The largest absolute Gasteiger partial charge is 0.456 e. The first-order valence-corrected chi connectivity index (χ1v) is 29.1. The van der Waals surface area contributed by atoms with Crippen molar-refractivity contribution in [1.29, 1.82) is 0 Å². The van der Waals surface area contributed by atoms with Crippen LogP contribution in [-0.2, 0) is 10.8 Å². The van der Waals surface area contributed by atoms with Gasteiger partial charge in [0.15, 0.2) is 0 Å². The molecule has 0 saturated heterocycles. The molecule has 16 aromatic rings. The second-order valence-corrected chi connectivity index (χ2v) is 24.6. The van der Waals surface area contributed by atoms with E-state index in [-0.39, 0.29) is 10.8 Å². The summed E-state index contributed by atoms with van der Waals surface area (Å²) >= 11 is 0. The Kier molecular flexibility index (Phi) is 11.0. The molecule has 0 radical (unpaired) electrons. The van der Waals surface area contributed by atoms with Crippen molar-refractivity contribution in [3.8, 4) is 11.4 Å². The van der Waals surface area contributed by atoms with Gasteiger partial charge in [0.25, 0.3) is 0 Å². The molecule has 0 N–H and O–H groups in total. The van der Waals surface area contributed by atoms with Gasteiger partial charge in [-0.3, -0.25) is 0 Å². The van der Waals surface area contributed by atoms with Crippen LogP contribution >= 0.6 is 0 Å². The van der Waals surface area contributed by atoms with E-state index in [1.165, 1.54) is 54.7 Å². The zero-order chi connectivity index (χ0) is 56.6. The standard InChI is InChI=1S/C78H60N4O2/c1-77(2,3)49-19-17-25-53(43-49)81-67-29-15-13-27-59(67)65-45-55(33-39-69(65)81)79(51-21-9-7-10-22-51)57-31-35-63-73(47-57)83-71-41-37-62-61(75(63)71)38-42-72-76(62)64-36-32-58(48-74(64)84-72)80(52-23-11-8-12-24-52)56-34-40-70-66(46-56)60-28-14-16-30-68(60)82(70)54-26-18-20-50(44-54)78(4,5)6/h7-48H,1-6H3. The Morgan fingerprint density at radius 2 is 0.631 bits per heavy atom. The van der Waals surface area contributed by atoms with E-state index in [9.17, 15) is 0 Å². The number of benzene rings is 12. The van der Waals surface area contributed by atoms with Gasteiger partial charge < -0.3 is 27.8 Å². The second-order valence-electron chi connectivity index (χ2n) is 24.6. The minimum absolute atomic E-state index is 0.0246. The van der Waals surface area contributed by atoms with Crippen LogP contribution < -0.4 is 9.80 Å². The molecule has 0 aliphatic rings. The molecule has 0 fully saturated rings. The minimum atomic E-state index is 0.0246. The molecule has 6 nitrogen and oxygen atoms in total. The number of hydrogen-bond acceptors (Lipinski definition) is 4. The average molecular weight is 1090 g/mol. The fourth-order valence-corrected chi connectivity index (χ4v) is 13.2. The van der Waals surface area contributed by atoms with Crippen molar-refractivity contribution in [3.05, 3.63) is 266 Å². The maximum absolute atomic E-state index is 6.87. The molecule has 4 heterocycles. The van der Waals surface area contributed by atoms with Crippen molar-refractivity contribution >= 4 is 132 Å². The summed E-state index contributed by atoms with van der Waals surface area (Å²) in [7, 11) is 0. The molecule has 0 saturated carbocycles. The molecule has 84 heavy (non-hydrogen) atoms. The van der Waals surface area contributed by atoms with Gasteiger partial charge in [0.2, 0.25) is 0 Å². The number of furan rings is 2. The highest BCUT2D eigenvalue weighted by molar-refractivity contribution is 6.28. The predicted octanol–water partition coefficient (Wildman–Crippen LogP) is 22.4. The molecule has 404 valence electrons. The highest BCUT2D eigenvalue weighted by Crippen LogP contribution is 2.47. The SMILES string of the molecule is CC(C)(C)c1cccc(-n2c3ccccc3c3cc(N(c4ccccc4)c4ccc5c(c4)oc4ccc6c(ccc7oc8cc(N(c9ccccc9)c9ccc%10c(c9)c9ccccc9n%10-c9cccc(C(C)(C)C)c9)ccc8c76)c45)ccc32)c1. The van der Waals surface area contributed by atoms with Crippen LogP contribution in [0.15, 0.2) is 264 Å². The Morgan fingerprint density at radius 1 is 0.262 bits per heavy atom. The average Bonchev–Trinajstić information content (AvgIpc) is 2.40.